The molecular weight excluding hydrogens is 238 g/mol. The molecule has 1 saturated carbocycles. The highest BCUT2D eigenvalue weighted by Gasteiger charge is 2.15. The average molecular weight is 261 g/mol. The van der Waals surface area contributed by atoms with Crippen molar-refractivity contribution < 1.29 is 4.74 Å². The van der Waals surface area contributed by atoms with Crippen LogP contribution in [0.1, 0.15) is 31.2 Å². The van der Waals surface area contributed by atoms with Gasteiger partial charge in [0, 0.05) is 19.6 Å². The van der Waals surface area contributed by atoms with Crippen molar-refractivity contribution in [3.8, 4) is 5.75 Å². The number of methoxy groups -OCH3 is 1. The molecule has 0 unspecified atom stereocenters. The summed E-state index contributed by atoms with van der Waals surface area (Å²) >= 11 is 0. The van der Waals surface area contributed by atoms with E-state index in [9.17, 15) is 0 Å². The Balaban J connectivity index is 1.84. The number of rotatable bonds is 4. The monoisotopic (exact) mass is 261 g/mol. The highest BCUT2D eigenvalue weighted by atomic mass is 16.5. The molecule has 4 nitrogen and oxygen atoms in total. The van der Waals surface area contributed by atoms with E-state index < -0.39 is 0 Å². The van der Waals surface area contributed by atoms with Gasteiger partial charge in [-0.1, -0.05) is 25.0 Å². The molecule has 0 amide bonds. The minimum atomic E-state index is 0.580. The van der Waals surface area contributed by atoms with Gasteiger partial charge < -0.3 is 15.4 Å². The van der Waals surface area contributed by atoms with E-state index in [1.54, 1.807) is 7.11 Å². The van der Waals surface area contributed by atoms with Gasteiger partial charge in [0.2, 0.25) is 0 Å². The maximum absolute atomic E-state index is 5.22. The largest absolute Gasteiger partial charge is 0.497 e. The lowest BCUT2D eigenvalue weighted by atomic mass is 10.2. The molecule has 1 aromatic carbocycles. The van der Waals surface area contributed by atoms with Crippen molar-refractivity contribution in [2.45, 2.75) is 38.3 Å². The van der Waals surface area contributed by atoms with Crippen molar-refractivity contribution in [1.82, 2.24) is 10.6 Å². The zero-order valence-electron chi connectivity index (χ0n) is 11.8. The number of guanidine groups is 1. The molecule has 0 atom stereocenters. The van der Waals surface area contributed by atoms with Crippen LogP contribution in [0.4, 0.5) is 0 Å². The first kappa shape index (κ1) is 13.7. The van der Waals surface area contributed by atoms with Gasteiger partial charge in [-0.25, -0.2) is 0 Å². The SMILES string of the molecule is CN=C(NCc1cccc(OC)c1)NC1CCCC1. The number of hydrogen-bond donors (Lipinski definition) is 2. The second-order valence-electron chi connectivity index (χ2n) is 4.90. The van der Waals surface area contributed by atoms with Gasteiger partial charge in [-0.2, -0.15) is 0 Å². The summed E-state index contributed by atoms with van der Waals surface area (Å²) in [6.07, 6.45) is 5.15. The summed E-state index contributed by atoms with van der Waals surface area (Å²) < 4.78 is 5.22. The Morgan fingerprint density at radius 2 is 2.16 bits per heavy atom. The summed E-state index contributed by atoms with van der Waals surface area (Å²) in [4.78, 5) is 4.27. The molecule has 0 heterocycles. The second-order valence-corrected chi connectivity index (χ2v) is 4.90. The number of aliphatic imine (C=N–C) groups is 1. The lowest BCUT2D eigenvalue weighted by molar-refractivity contribution is 0.414. The molecular formula is C15H23N3O. The molecule has 1 aromatic rings. The Morgan fingerprint density at radius 3 is 2.84 bits per heavy atom. The van der Waals surface area contributed by atoms with E-state index in [0.717, 1.165) is 18.3 Å². The van der Waals surface area contributed by atoms with Gasteiger partial charge in [0.1, 0.15) is 5.75 Å². The average Bonchev–Trinajstić information content (AvgIpc) is 2.96. The first-order valence-electron chi connectivity index (χ1n) is 6.92. The van der Waals surface area contributed by atoms with Crippen LogP contribution < -0.4 is 15.4 Å². The third kappa shape index (κ3) is 4.16. The van der Waals surface area contributed by atoms with Gasteiger partial charge in [-0.3, -0.25) is 4.99 Å². The zero-order valence-corrected chi connectivity index (χ0v) is 11.8. The Bertz CT molecular complexity index is 425. The molecule has 0 bridgehead atoms. The summed E-state index contributed by atoms with van der Waals surface area (Å²) in [5.41, 5.74) is 1.19. The summed E-state index contributed by atoms with van der Waals surface area (Å²) in [6, 6.07) is 8.66. The van der Waals surface area contributed by atoms with Crippen LogP contribution in [0.25, 0.3) is 0 Å². The summed E-state index contributed by atoms with van der Waals surface area (Å²) in [7, 11) is 3.50. The topological polar surface area (TPSA) is 45.7 Å². The highest BCUT2D eigenvalue weighted by Crippen LogP contribution is 2.17. The third-order valence-corrected chi connectivity index (χ3v) is 3.51. The summed E-state index contributed by atoms with van der Waals surface area (Å²) in [5.74, 6) is 1.77. The van der Waals surface area contributed by atoms with Gasteiger partial charge >= 0.3 is 0 Å². The molecule has 2 N–H and O–H groups in total. The number of benzene rings is 1. The lowest BCUT2D eigenvalue weighted by Gasteiger charge is -2.17. The van der Waals surface area contributed by atoms with E-state index in [1.807, 2.05) is 25.2 Å². The highest BCUT2D eigenvalue weighted by molar-refractivity contribution is 5.79. The van der Waals surface area contributed by atoms with Crippen LogP contribution >= 0.6 is 0 Å². The van der Waals surface area contributed by atoms with Gasteiger partial charge in [0.25, 0.3) is 0 Å². The number of ether oxygens (including phenoxy) is 1. The standard InChI is InChI=1S/C15H23N3O/c1-16-15(18-13-7-3-4-8-13)17-11-12-6-5-9-14(10-12)19-2/h5-6,9-10,13H,3-4,7-8,11H2,1-2H3,(H2,16,17,18). The Kier molecular flexibility index (Phi) is 5.07. The molecule has 0 saturated heterocycles. The van der Waals surface area contributed by atoms with Crippen molar-refractivity contribution in [3.05, 3.63) is 29.8 Å². The molecule has 2 rings (SSSR count). The van der Waals surface area contributed by atoms with Crippen molar-refractivity contribution in [2.24, 2.45) is 4.99 Å². The molecule has 1 fully saturated rings. The Hall–Kier alpha value is -1.71. The lowest BCUT2D eigenvalue weighted by Crippen LogP contribution is -2.41. The van der Waals surface area contributed by atoms with E-state index in [-0.39, 0.29) is 0 Å². The fraction of sp³-hybridized carbons (Fsp3) is 0.533. The molecule has 19 heavy (non-hydrogen) atoms. The van der Waals surface area contributed by atoms with Crippen molar-refractivity contribution in [1.29, 1.82) is 0 Å². The number of hydrogen-bond acceptors (Lipinski definition) is 2. The molecule has 0 aromatic heterocycles. The molecule has 1 aliphatic carbocycles. The van der Waals surface area contributed by atoms with E-state index in [0.29, 0.717) is 6.04 Å². The molecule has 0 aliphatic heterocycles. The predicted octanol–water partition coefficient (Wildman–Crippen LogP) is 2.30. The molecule has 0 radical (unpaired) electrons. The van der Waals surface area contributed by atoms with Gasteiger partial charge in [0.15, 0.2) is 5.96 Å². The van der Waals surface area contributed by atoms with E-state index in [4.69, 9.17) is 4.74 Å². The van der Waals surface area contributed by atoms with Crippen LogP contribution in [0.15, 0.2) is 29.3 Å². The first-order chi connectivity index (χ1) is 9.31. The van der Waals surface area contributed by atoms with Crippen LogP contribution in [0, 0.1) is 0 Å². The minimum Gasteiger partial charge on any atom is -0.497 e. The van der Waals surface area contributed by atoms with Gasteiger partial charge in [-0.05, 0) is 30.5 Å². The van der Waals surface area contributed by atoms with Crippen molar-refractivity contribution >= 4 is 5.96 Å². The van der Waals surface area contributed by atoms with E-state index >= 15 is 0 Å². The molecule has 104 valence electrons. The second kappa shape index (κ2) is 7.02. The smallest absolute Gasteiger partial charge is 0.191 e. The quantitative estimate of drug-likeness (QED) is 0.646. The fourth-order valence-electron chi connectivity index (χ4n) is 2.43. The van der Waals surface area contributed by atoms with Crippen molar-refractivity contribution in [3.63, 3.8) is 0 Å². The first-order valence-corrected chi connectivity index (χ1v) is 6.92. The number of nitrogens with zero attached hydrogens (tertiary/aromatic N) is 1. The minimum absolute atomic E-state index is 0.580. The van der Waals surface area contributed by atoms with Crippen LogP contribution in [0.3, 0.4) is 0 Å². The zero-order chi connectivity index (χ0) is 13.5. The molecule has 1 aliphatic rings. The van der Waals surface area contributed by atoms with Crippen LogP contribution in [-0.2, 0) is 6.54 Å². The van der Waals surface area contributed by atoms with Crippen LogP contribution in [0.5, 0.6) is 5.75 Å². The third-order valence-electron chi connectivity index (χ3n) is 3.51. The fourth-order valence-corrected chi connectivity index (χ4v) is 2.43. The van der Waals surface area contributed by atoms with Gasteiger partial charge in [0.05, 0.1) is 7.11 Å². The van der Waals surface area contributed by atoms with Gasteiger partial charge in [-0.15, -0.1) is 0 Å². The van der Waals surface area contributed by atoms with E-state index in [2.05, 4.69) is 21.7 Å². The number of nitrogens with one attached hydrogen (secondary N) is 2. The predicted molar refractivity (Wildman–Crippen MR) is 78.6 cm³/mol. The Labute approximate surface area is 115 Å². The summed E-state index contributed by atoms with van der Waals surface area (Å²) in [6.45, 7) is 0.754. The van der Waals surface area contributed by atoms with Crippen LogP contribution in [0.2, 0.25) is 0 Å². The molecule has 4 heteroatoms. The maximum Gasteiger partial charge on any atom is 0.191 e. The Morgan fingerprint density at radius 1 is 1.37 bits per heavy atom. The van der Waals surface area contributed by atoms with Crippen molar-refractivity contribution in [2.75, 3.05) is 14.2 Å². The molecule has 0 spiro atoms. The van der Waals surface area contributed by atoms with Crippen LogP contribution in [-0.4, -0.2) is 26.2 Å². The maximum atomic E-state index is 5.22. The van der Waals surface area contributed by atoms with E-state index in [1.165, 1.54) is 31.2 Å². The summed E-state index contributed by atoms with van der Waals surface area (Å²) in [5, 5.41) is 6.82. The normalized spacial score (nSPS) is 16.4.